The number of nitrogens with zero attached hydrogens (tertiary/aromatic N) is 1. The Morgan fingerprint density at radius 3 is 2.90 bits per heavy atom. The molecule has 21 heavy (non-hydrogen) atoms. The maximum atomic E-state index is 13.3. The van der Waals surface area contributed by atoms with Crippen LogP contribution in [0.1, 0.15) is 19.3 Å². The molecule has 0 spiro atoms. The average Bonchev–Trinajstić information content (AvgIpc) is 2.42. The van der Waals surface area contributed by atoms with Crippen LogP contribution in [0.2, 0.25) is 5.02 Å². The van der Waals surface area contributed by atoms with Gasteiger partial charge >= 0.3 is 12.0 Å². The maximum absolute atomic E-state index is 13.3. The summed E-state index contributed by atoms with van der Waals surface area (Å²) in [6, 6.07) is 3.68. The third-order valence-electron chi connectivity index (χ3n) is 3.44. The number of aliphatic carboxylic acids is 1. The molecule has 1 atom stereocenters. The molecule has 2 rings (SSSR count). The molecule has 1 heterocycles. The van der Waals surface area contributed by atoms with E-state index >= 15 is 0 Å². The summed E-state index contributed by atoms with van der Waals surface area (Å²) in [4.78, 5) is 24.4. The minimum atomic E-state index is -0.859. The van der Waals surface area contributed by atoms with Crippen molar-refractivity contribution in [2.45, 2.75) is 19.3 Å². The highest BCUT2D eigenvalue weighted by Crippen LogP contribution is 2.22. The van der Waals surface area contributed by atoms with Crippen molar-refractivity contribution in [3.8, 4) is 0 Å². The number of nitrogens with one attached hydrogen (secondary N) is 1. The van der Waals surface area contributed by atoms with Crippen LogP contribution in [0.4, 0.5) is 14.9 Å². The average molecular weight is 315 g/mol. The molecule has 0 saturated carbocycles. The number of carboxylic acid groups (broad SMARTS) is 1. The van der Waals surface area contributed by atoms with Gasteiger partial charge in [0.15, 0.2) is 0 Å². The third-order valence-corrected chi connectivity index (χ3v) is 3.75. The fraction of sp³-hybridized carbons (Fsp3) is 0.429. The SMILES string of the molecule is O=C(O)CC1CCCN(C(=O)Nc2ccc(Cl)c(F)c2)C1. The molecule has 7 heteroatoms. The molecule has 1 aliphatic rings. The Labute approximate surface area is 126 Å². The number of halogens is 2. The predicted molar refractivity (Wildman–Crippen MR) is 77.0 cm³/mol. The Hall–Kier alpha value is -1.82. The van der Waals surface area contributed by atoms with Crippen LogP contribution in [0.15, 0.2) is 18.2 Å². The van der Waals surface area contributed by atoms with Crippen molar-refractivity contribution in [3.05, 3.63) is 29.0 Å². The lowest BCUT2D eigenvalue weighted by molar-refractivity contribution is -0.138. The minimum Gasteiger partial charge on any atom is -0.481 e. The highest BCUT2D eigenvalue weighted by molar-refractivity contribution is 6.30. The van der Waals surface area contributed by atoms with Crippen molar-refractivity contribution in [1.82, 2.24) is 4.90 Å². The molecule has 0 aromatic heterocycles. The summed E-state index contributed by atoms with van der Waals surface area (Å²) in [6.07, 6.45) is 1.62. The molecule has 1 fully saturated rings. The first-order valence-electron chi connectivity index (χ1n) is 6.68. The van der Waals surface area contributed by atoms with E-state index < -0.39 is 11.8 Å². The molecule has 0 aliphatic carbocycles. The maximum Gasteiger partial charge on any atom is 0.321 e. The summed E-state index contributed by atoms with van der Waals surface area (Å²) in [5, 5.41) is 11.4. The van der Waals surface area contributed by atoms with E-state index in [1.54, 1.807) is 4.90 Å². The fourth-order valence-electron chi connectivity index (χ4n) is 2.44. The van der Waals surface area contributed by atoms with Crippen LogP contribution >= 0.6 is 11.6 Å². The second-order valence-corrected chi connectivity index (χ2v) is 5.52. The molecule has 0 bridgehead atoms. The van der Waals surface area contributed by atoms with Gasteiger partial charge in [0, 0.05) is 25.2 Å². The molecular weight excluding hydrogens is 299 g/mol. The Balaban J connectivity index is 1.96. The lowest BCUT2D eigenvalue weighted by Crippen LogP contribution is -2.42. The standard InChI is InChI=1S/C14H16ClFN2O3/c15-11-4-3-10(7-12(11)16)17-14(21)18-5-1-2-9(8-18)6-13(19)20/h3-4,7,9H,1-2,5-6,8H2,(H,17,21)(H,19,20). The first-order chi connectivity index (χ1) is 9.95. The van der Waals surface area contributed by atoms with Gasteiger partial charge in [-0.05, 0) is 37.0 Å². The summed E-state index contributed by atoms with van der Waals surface area (Å²) in [7, 11) is 0. The zero-order chi connectivity index (χ0) is 15.4. The van der Waals surface area contributed by atoms with Crippen molar-refractivity contribution in [3.63, 3.8) is 0 Å². The smallest absolute Gasteiger partial charge is 0.321 e. The molecule has 2 N–H and O–H groups in total. The van der Waals surface area contributed by atoms with Gasteiger partial charge in [0.1, 0.15) is 5.82 Å². The Kier molecular flexibility index (Phi) is 5.01. The van der Waals surface area contributed by atoms with E-state index in [2.05, 4.69) is 5.32 Å². The molecule has 1 aliphatic heterocycles. The zero-order valence-electron chi connectivity index (χ0n) is 11.3. The summed E-state index contributed by atoms with van der Waals surface area (Å²) in [5.41, 5.74) is 0.322. The summed E-state index contributed by atoms with van der Waals surface area (Å²) >= 11 is 5.58. The number of carbonyl (C=O) groups is 2. The van der Waals surface area contributed by atoms with Gasteiger partial charge in [0.25, 0.3) is 0 Å². The van der Waals surface area contributed by atoms with Crippen LogP contribution in [-0.2, 0) is 4.79 Å². The van der Waals surface area contributed by atoms with E-state index in [4.69, 9.17) is 16.7 Å². The number of likely N-dealkylation sites (tertiary alicyclic amines) is 1. The Morgan fingerprint density at radius 2 is 2.24 bits per heavy atom. The fourth-order valence-corrected chi connectivity index (χ4v) is 2.56. The molecule has 1 aromatic carbocycles. The number of amides is 2. The third kappa shape index (κ3) is 4.32. The molecular formula is C14H16ClFN2O3. The van der Waals surface area contributed by atoms with Crippen LogP contribution in [0.25, 0.3) is 0 Å². The van der Waals surface area contributed by atoms with Gasteiger partial charge in [-0.2, -0.15) is 0 Å². The number of rotatable bonds is 3. The van der Waals surface area contributed by atoms with E-state index in [9.17, 15) is 14.0 Å². The molecule has 114 valence electrons. The van der Waals surface area contributed by atoms with E-state index in [1.165, 1.54) is 12.1 Å². The number of carbonyl (C=O) groups excluding carboxylic acids is 1. The van der Waals surface area contributed by atoms with Crippen molar-refractivity contribution >= 4 is 29.3 Å². The highest BCUT2D eigenvalue weighted by atomic mass is 35.5. The summed E-state index contributed by atoms with van der Waals surface area (Å²) in [5.74, 6) is -1.50. The van der Waals surface area contributed by atoms with Crippen molar-refractivity contribution in [2.75, 3.05) is 18.4 Å². The van der Waals surface area contributed by atoms with Gasteiger partial charge in [-0.15, -0.1) is 0 Å². The van der Waals surface area contributed by atoms with Crippen molar-refractivity contribution < 1.29 is 19.1 Å². The first kappa shape index (κ1) is 15.6. The number of urea groups is 1. The van der Waals surface area contributed by atoms with Gasteiger partial charge in [-0.3, -0.25) is 4.79 Å². The molecule has 0 radical (unpaired) electrons. The van der Waals surface area contributed by atoms with Crippen LogP contribution in [0.5, 0.6) is 0 Å². The van der Waals surface area contributed by atoms with Gasteiger partial charge < -0.3 is 15.3 Å². The van der Waals surface area contributed by atoms with E-state index in [-0.39, 0.29) is 23.4 Å². The van der Waals surface area contributed by atoms with Crippen molar-refractivity contribution in [1.29, 1.82) is 0 Å². The molecule has 2 amide bonds. The predicted octanol–water partition coefficient (Wildman–Crippen LogP) is 3.20. The van der Waals surface area contributed by atoms with Crippen LogP contribution < -0.4 is 5.32 Å². The summed E-state index contributed by atoms with van der Waals surface area (Å²) < 4.78 is 13.3. The zero-order valence-corrected chi connectivity index (χ0v) is 12.1. The van der Waals surface area contributed by atoms with Gasteiger partial charge in [0.05, 0.1) is 5.02 Å². The Bertz CT molecular complexity index is 553. The van der Waals surface area contributed by atoms with Crippen molar-refractivity contribution in [2.24, 2.45) is 5.92 Å². The van der Waals surface area contributed by atoms with E-state index in [0.29, 0.717) is 18.8 Å². The Morgan fingerprint density at radius 1 is 1.48 bits per heavy atom. The minimum absolute atomic E-state index is 0.00695. The number of benzene rings is 1. The van der Waals surface area contributed by atoms with Gasteiger partial charge in [-0.1, -0.05) is 11.6 Å². The topological polar surface area (TPSA) is 69.6 Å². The highest BCUT2D eigenvalue weighted by Gasteiger charge is 2.25. The second-order valence-electron chi connectivity index (χ2n) is 5.11. The molecule has 5 nitrogen and oxygen atoms in total. The number of carboxylic acids is 1. The van der Waals surface area contributed by atoms with E-state index in [1.807, 2.05) is 0 Å². The number of anilines is 1. The van der Waals surface area contributed by atoms with Crippen LogP contribution in [0.3, 0.4) is 0 Å². The first-order valence-corrected chi connectivity index (χ1v) is 7.06. The van der Waals surface area contributed by atoms with Gasteiger partial charge in [-0.25, -0.2) is 9.18 Å². The largest absolute Gasteiger partial charge is 0.481 e. The van der Waals surface area contributed by atoms with E-state index in [0.717, 1.165) is 18.9 Å². The molecule has 1 unspecified atom stereocenters. The normalized spacial score (nSPS) is 18.4. The lowest BCUT2D eigenvalue weighted by Gasteiger charge is -2.32. The lowest BCUT2D eigenvalue weighted by atomic mass is 9.95. The molecule has 1 saturated heterocycles. The van der Waals surface area contributed by atoms with Crippen LogP contribution in [0, 0.1) is 11.7 Å². The number of hydrogen-bond acceptors (Lipinski definition) is 2. The number of piperidine rings is 1. The quantitative estimate of drug-likeness (QED) is 0.900. The summed E-state index contributed by atoms with van der Waals surface area (Å²) in [6.45, 7) is 0.965. The van der Waals surface area contributed by atoms with Gasteiger partial charge in [0.2, 0.25) is 0 Å². The number of hydrogen-bond donors (Lipinski definition) is 2. The monoisotopic (exact) mass is 314 g/mol. The second kappa shape index (κ2) is 6.76. The van der Waals surface area contributed by atoms with Crippen LogP contribution in [-0.4, -0.2) is 35.1 Å². The molecule has 1 aromatic rings.